The van der Waals surface area contributed by atoms with Crippen molar-refractivity contribution < 1.29 is 9.53 Å². The third-order valence-electron chi connectivity index (χ3n) is 3.22. The van der Waals surface area contributed by atoms with Crippen molar-refractivity contribution in [3.05, 3.63) is 4.73 Å². The number of carbonyl (C=O) groups is 1. The smallest absolute Gasteiger partial charge is 0.407 e. The molecule has 21 heavy (non-hydrogen) atoms. The molecule has 1 saturated heterocycles. The highest BCUT2D eigenvalue weighted by atomic mass is 79.9. The van der Waals surface area contributed by atoms with Crippen molar-refractivity contribution >= 4 is 28.0 Å². The normalized spacial score (nSPS) is 19.5. The monoisotopic (exact) mass is 359 g/mol. The molecule has 0 radical (unpaired) electrons. The maximum atomic E-state index is 11.8. The van der Waals surface area contributed by atoms with Gasteiger partial charge in [0.25, 0.3) is 0 Å². The van der Waals surface area contributed by atoms with Gasteiger partial charge in [-0.2, -0.15) is 0 Å². The Morgan fingerprint density at radius 3 is 2.71 bits per heavy atom. The van der Waals surface area contributed by atoms with E-state index in [2.05, 4.69) is 36.3 Å². The van der Waals surface area contributed by atoms with E-state index in [1.165, 1.54) is 0 Å². The fraction of sp³-hybridized carbons (Fsp3) is 0.769. The van der Waals surface area contributed by atoms with Crippen LogP contribution < -0.4 is 10.2 Å². The second kappa shape index (κ2) is 6.21. The second-order valence-corrected chi connectivity index (χ2v) is 6.97. The van der Waals surface area contributed by atoms with Gasteiger partial charge in [-0.25, -0.2) is 4.79 Å². The van der Waals surface area contributed by atoms with Gasteiger partial charge in [-0.15, -0.1) is 10.2 Å². The minimum atomic E-state index is -0.479. The number of piperidine rings is 1. The fourth-order valence-electron chi connectivity index (χ4n) is 2.33. The molecule has 0 aromatic carbocycles. The molecule has 8 heteroatoms. The summed E-state index contributed by atoms with van der Waals surface area (Å²) in [6.07, 6.45) is 1.56. The van der Waals surface area contributed by atoms with E-state index >= 15 is 0 Å². The highest BCUT2D eigenvalue weighted by molar-refractivity contribution is 9.10. The van der Waals surface area contributed by atoms with E-state index in [0.717, 1.165) is 25.3 Å². The van der Waals surface area contributed by atoms with Crippen LogP contribution in [0, 0.1) is 0 Å². The lowest BCUT2D eigenvalue weighted by Gasteiger charge is -2.33. The number of rotatable bonds is 2. The van der Waals surface area contributed by atoms with Crippen LogP contribution in [0.4, 0.5) is 10.7 Å². The SMILES string of the molecule is Cn1c(Br)nnc1N1CCCC(NC(=O)OC(C)(C)C)C1. The first-order valence-electron chi connectivity index (χ1n) is 7.05. The van der Waals surface area contributed by atoms with E-state index in [0.29, 0.717) is 11.3 Å². The summed E-state index contributed by atoms with van der Waals surface area (Å²) in [5, 5.41) is 11.1. The third-order valence-corrected chi connectivity index (χ3v) is 3.91. The zero-order chi connectivity index (χ0) is 15.6. The molecular weight excluding hydrogens is 338 g/mol. The van der Waals surface area contributed by atoms with Gasteiger partial charge in [0.2, 0.25) is 10.7 Å². The number of hydrogen-bond donors (Lipinski definition) is 1. The topological polar surface area (TPSA) is 72.3 Å². The van der Waals surface area contributed by atoms with Crippen molar-refractivity contribution in [1.29, 1.82) is 0 Å². The quantitative estimate of drug-likeness (QED) is 0.874. The summed E-state index contributed by atoms with van der Waals surface area (Å²) in [5.74, 6) is 0.803. The number of nitrogens with zero attached hydrogens (tertiary/aromatic N) is 4. The summed E-state index contributed by atoms with van der Waals surface area (Å²) in [7, 11) is 1.91. The van der Waals surface area contributed by atoms with Crippen LogP contribution in [0.1, 0.15) is 33.6 Å². The van der Waals surface area contributed by atoms with Crippen LogP contribution in [0.3, 0.4) is 0 Å². The molecular formula is C13H22BrN5O2. The molecule has 7 nitrogen and oxygen atoms in total. The summed E-state index contributed by atoms with van der Waals surface area (Å²) >= 11 is 3.34. The zero-order valence-corrected chi connectivity index (χ0v) is 14.5. The van der Waals surface area contributed by atoms with Crippen molar-refractivity contribution in [3.63, 3.8) is 0 Å². The van der Waals surface area contributed by atoms with E-state index in [1.807, 2.05) is 32.4 Å². The van der Waals surface area contributed by atoms with Crippen LogP contribution >= 0.6 is 15.9 Å². The van der Waals surface area contributed by atoms with Crippen LogP contribution in [0.5, 0.6) is 0 Å². The summed E-state index contributed by atoms with van der Waals surface area (Å²) in [4.78, 5) is 14.0. The fourth-order valence-corrected chi connectivity index (χ4v) is 2.57. The Labute approximate surface area is 133 Å². The molecule has 1 unspecified atom stereocenters. The van der Waals surface area contributed by atoms with Crippen molar-refractivity contribution in [2.24, 2.45) is 7.05 Å². The molecule has 1 aliphatic heterocycles. The molecule has 1 atom stereocenters. The first kappa shape index (κ1) is 16.1. The van der Waals surface area contributed by atoms with E-state index in [-0.39, 0.29) is 12.1 Å². The van der Waals surface area contributed by atoms with E-state index in [4.69, 9.17) is 4.74 Å². The number of amides is 1. The van der Waals surface area contributed by atoms with Crippen molar-refractivity contribution in [2.45, 2.75) is 45.3 Å². The Kier molecular flexibility index (Phi) is 4.75. The molecule has 118 valence electrons. The van der Waals surface area contributed by atoms with Gasteiger partial charge in [0.15, 0.2) is 0 Å². The van der Waals surface area contributed by atoms with Crippen molar-refractivity contribution in [1.82, 2.24) is 20.1 Å². The Morgan fingerprint density at radius 1 is 1.43 bits per heavy atom. The molecule has 0 spiro atoms. The summed E-state index contributed by atoms with van der Waals surface area (Å²) in [5.41, 5.74) is -0.479. The van der Waals surface area contributed by atoms with Crippen molar-refractivity contribution in [2.75, 3.05) is 18.0 Å². The van der Waals surface area contributed by atoms with Crippen LogP contribution in [-0.4, -0.2) is 45.6 Å². The number of aromatic nitrogens is 3. The van der Waals surface area contributed by atoms with Gasteiger partial charge in [-0.1, -0.05) is 0 Å². The maximum absolute atomic E-state index is 11.8. The molecule has 1 amide bonds. The lowest BCUT2D eigenvalue weighted by molar-refractivity contribution is 0.0500. The molecule has 1 aromatic heterocycles. The average molecular weight is 360 g/mol. The van der Waals surface area contributed by atoms with E-state index in [1.54, 1.807) is 0 Å². The Hall–Kier alpha value is -1.31. The number of halogens is 1. The van der Waals surface area contributed by atoms with Gasteiger partial charge in [0.05, 0.1) is 0 Å². The first-order chi connectivity index (χ1) is 9.76. The molecule has 2 rings (SSSR count). The average Bonchev–Trinajstić information content (AvgIpc) is 2.68. The molecule has 0 saturated carbocycles. The summed E-state index contributed by atoms with van der Waals surface area (Å²) in [6.45, 7) is 7.19. The van der Waals surface area contributed by atoms with Gasteiger partial charge in [-0.3, -0.25) is 4.57 Å². The van der Waals surface area contributed by atoms with Gasteiger partial charge < -0.3 is 15.0 Å². The van der Waals surface area contributed by atoms with Gasteiger partial charge in [0, 0.05) is 26.2 Å². The Balaban J connectivity index is 1.95. The molecule has 1 fully saturated rings. The molecule has 1 aromatic rings. The number of nitrogens with one attached hydrogen (secondary N) is 1. The number of alkyl carbamates (subject to hydrolysis) is 1. The van der Waals surface area contributed by atoms with E-state index in [9.17, 15) is 4.79 Å². The minimum absolute atomic E-state index is 0.0593. The lowest BCUT2D eigenvalue weighted by Crippen LogP contribution is -2.49. The van der Waals surface area contributed by atoms with Crippen LogP contribution in [0.25, 0.3) is 0 Å². The molecule has 1 aliphatic rings. The molecule has 0 aliphatic carbocycles. The third kappa shape index (κ3) is 4.33. The van der Waals surface area contributed by atoms with Gasteiger partial charge in [0.1, 0.15) is 5.60 Å². The predicted octanol–water partition coefficient (Wildman–Crippen LogP) is 2.07. The number of hydrogen-bond acceptors (Lipinski definition) is 5. The largest absolute Gasteiger partial charge is 0.444 e. The number of anilines is 1. The van der Waals surface area contributed by atoms with Crippen molar-refractivity contribution in [3.8, 4) is 0 Å². The minimum Gasteiger partial charge on any atom is -0.444 e. The standard InChI is InChI=1S/C13H22BrN5O2/c1-13(2,3)21-12(20)15-9-6-5-7-19(8-9)11-17-16-10(14)18(11)4/h9H,5-8H2,1-4H3,(H,15,20). The highest BCUT2D eigenvalue weighted by Crippen LogP contribution is 2.20. The van der Waals surface area contributed by atoms with Crippen LogP contribution in [0.15, 0.2) is 4.73 Å². The molecule has 1 N–H and O–H groups in total. The predicted molar refractivity (Wildman–Crippen MR) is 83.3 cm³/mol. The van der Waals surface area contributed by atoms with E-state index < -0.39 is 5.60 Å². The second-order valence-electron chi connectivity index (χ2n) is 6.26. The number of carbonyl (C=O) groups excluding carboxylic acids is 1. The Morgan fingerprint density at radius 2 is 2.14 bits per heavy atom. The molecule has 0 bridgehead atoms. The maximum Gasteiger partial charge on any atom is 0.407 e. The lowest BCUT2D eigenvalue weighted by atomic mass is 10.1. The first-order valence-corrected chi connectivity index (χ1v) is 7.85. The number of ether oxygens (including phenoxy) is 1. The highest BCUT2D eigenvalue weighted by Gasteiger charge is 2.26. The van der Waals surface area contributed by atoms with Crippen LogP contribution in [-0.2, 0) is 11.8 Å². The Bertz CT molecular complexity index is 511. The summed E-state index contributed by atoms with van der Waals surface area (Å²) < 4.78 is 7.88. The zero-order valence-electron chi connectivity index (χ0n) is 12.9. The van der Waals surface area contributed by atoms with Gasteiger partial charge >= 0.3 is 6.09 Å². The van der Waals surface area contributed by atoms with Gasteiger partial charge in [-0.05, 0) is 49.5 Å². The van der Waals surface area contributed by atoms with Crippen LogP contribution in [0.2, 0.25) is 0 Å². The molecule has 2 heterocycles. The summed E-state index contributed by atoms with van der Waals surface area (Å²) in [6, 6.07) is 0.0593.